The first-order valence-corrected chi connectivity index (χ1v) is 20.7. The van der Waals surface area contributed by atoms with E-state index in [1.54, 1.807) is 0 Å². The van der Waals surface area contributed by atoms with Crippen LogP contribution in [0.3, 0.4) is 0 Å². The van der Waals surface area contributed by atoms with Crippen LogP contribution in [0.4, 0.5) is 0 Å². The second kappa shape index (κ2) is 13.9. The van der Waals surface area contributed by atoms with Crippen molar-refractivity contribution in [3.05, 3.63) is 137 Å². The number of pyridine rings is 3. The Morgan fingerprint density at radius 3 is 2.08 bits per heavy atom. The standard InChI is InChI=1S/C52H49N5O.Pt/c1-29(2)32-23-39(30(3)4)47(40(24-32)31(5)6)43-26-34(27-46(55-43)56-44-19-12-11-15-36(44)38-17-14-22-53-49(38)56)58-33-20-21-35-37-16-13-18-42-48(37)57-45(52(9,10)51(42,7)8)28-54-50(57)41(35)25-33;/h11-24,26,28-31H,1-10H3;/q-2;+2. The van der Waals surface area contributed by atoms with Crippen LogP contribution in [0, 0.1) is 12.1 Å². The molecule has 0 atom stereocenters. The number of aromatic nitrogens is 5. The Balaban J connectivity index is 0.00000449. The Kier molecular flexibility index (Phi) is 9.21. The summed E-state index contributed by atoms with van der Waals surface area (Å²) in [7, 11) is 0. The van der Waals surface area contributed by atoms with Crippen LogP contribution in [0.2, 0.25) is 0 Å². The molecule has 0 amide bonds. The minimum atomic E-state index is -0.146. The molecular weight excluding hydrogens is 906 g/mol. The maximum atomic E-state index is 6.93. The molecule has 4 aromatic carbocycles. The van der Waals surface area contributed by atoms with Gasteiger partial charge in [0.05, 0.1) is 11.2 Å². The Labute approximate surface area is 360 Å². The Hall–Kier alpha value is -5.32. The van der Waals surface area contributed by atoms with Crippen molar-refractivity contribution in [3.8, 4) is 28.6 Å². The summed E-state index contributed by atoms with van der Waals surface area (Å²) in [5.41, 5.74) is 12.2. The molecule has 1 aliphatic heterocycles. The predicted octanol–water partition coefficient (Wildman–Crippen LogP) is 13.5. The fourth-order valence-electron chi connectivity index (χ4n) is 9.41. The van der Waals surface area contributed by atoms with Crippen molar-refractivity contribution in [2.45, 2.75) is 97.8 Å². The van der Waals surface area contributed by atoms with Crippen LogP contribution in [0.5, 0.6) is 11.5 Å². The predicted molar refractivity (Wildman–Crippen MR) is 238 cm³/mol. The van der Waals surface area contributed by atoms with Gasteiger partial charge in [0, 0.05) is 56.8 Å². The van der Waals surface area contributed by atoms with Crippen molar-refractivity contribution >= 4 is 49.3 Å². The molecule has 0 N–H and O–H groups in total. The fraction of sp³-hybridized carbons (Fsp3) is 0.288. The normalized spacial score (nSPS) is 14.5. The van der Waals surface area contributed by atoms with E-state index in [0.29, 0.717) is 23.2 Å². The summed E-state index contributed by atoms with van der Waals surface area (Å²) >= 11 is 0. The van der Waals surface area contributed by atoms with E-state index in [4.69, 9.17) is 19.7 Å². The number of benzene rings is 4. The molecule has 5 aromatic heterocycles. The van der Waals surface area contributed by atoms with Crippen molar-refractivity contribution in [2.75, 3.05) is 0 Å². The third-order valence-electron chi connectivity index (χ3n) is 13.3. The summed E-state index contributed by atoms with van der Waals surface area (Å²) in [4.78, 5) is 15.5. The molecule has 0 fully saturated rings. The number of nitrogens with zero attached hydrogens (tertiary/aromatic N) is 5. The van der Waals surface area contributed by atoms with E-state index >= 15 is 0 Å². The molecule has 0 saturated carbocycles. The van der Waals surface area contributed by atoms with Crippen LogP contribution >= 0.6 is 0 Å². The van der Waals surface area contributed by atoms with Crippen LogP contribution in [-0.4, -0.2) is 23.9 Å². The smallest absolute Gasteiger partial charge is 0.515 e. The van der Waals surface area contributed by atoms with Crippen LogP contribution in [0.1, 0.15) is 115 Å². The van der Waals surface area contributed by atoms with Crippen molar-refractivity contribution in [1.29, 1.82) is 0 Å². The quantitative estimate of drug-likeness (QED) is 0.118. The first kappa shape index (κ1) is 39.2. The summed E-state index contributed by atoms with van der Waals surface area (Å²) < 4.78 is 11.4. The molecule has 9 aromatic rings. The maximum absolute atomic E-state index is 6.93. The number of fused-ring (bicyclic) bond motifs is 6. The number of rotatable bonds is 7. The SMILES string of the molecule is CC(C)c1cc(C(C)C)c(-c2cc(Oc3[c-]c4c(cc3)c3cccc5c3n3c(cnc43)C(C)(C)C5(C)C)[c-]c(-n3c4ccccc4c4cccnc43)n2)c(C(C)C)c1.[Pt+2]. The third kappa shape index (κ3) is 5.73. The zero-order valence-electron chi connectivity index (χ0n) is 35.4. The topological polar surface area (TPSA) is 57.2 Å². The first-order valence-electron chi connectivity index (χ1n) is 20.7. The average Bonchev–Trinajstić information content (AvgIpc) is 3.81. The number of hydrogen-bond donors (Lipinski definition) is 0. The molecule has 1 aliphatic rings. The van der Waals surface area contributed by atoms with Gasteiger partial charge in [0.25, 0.3) is 0 Å². The third-order valence-corrected chi connectivity index (χ3v) is 13.3. The van der Waals surface area contributed by atoms with E-state index in [1.807, 2.05) is 18.3 Å². The van der Waals surface area contributed by atoms with Gasteiger partial charge in [-0.2, -0.15) is 6.07 Å². The van der Waals surface area contributed by atoms with E-state index in [9.17, 15) is 0 Å². The monoisotopic (exact) mass is 954 g/mol. The molecular formula is C52H49N5OPt. The van der Waals surface area contributed by atoms with Crippen LogP contribution in [-0.2, 0) is 31.9 Å². The largest absolute Gasteiger partial charge is 2.00 e. The van der Waals surface area contributed by atoms with E-state index in [-0.39, 0.29) is 43.7 Å². The molecule has 0 saturated heterocycles. The van der Waals surface area contributed by atoms with Crippen molar-refractivity contribution in [3.63, 3.8) is 0 Å². The van der Waals surface area contributed by atoms with E-state index in [0.717, 1.165) is 49.6 Å². The summed E-state index contributed by atoms with van der Waals surface area (Å²) in [6.45, 7) is 23.0. The summed E-state index contributed by atoms with van der Waals surface area (Å²) in [6.07, 6.45) is 3.91. The number of ether oxygens (including phenoxy) is 1. The van der Waals surface area contributed by atoms with Gasteiger partial charge in [0.2, 0.25) is 0 Å². The van der Waals surface area contributed by atoms with Crippen LogP contribution < -0.4 is 4.74 Å². The molecule has 0 aliphatic carbocycles. The summed E-state index contributed by atoms with van der Waals surface area (Å²) in [6, 6.07) is 37.6. The molecule has 6 heterocycles. The Morgan fingerprint density at radius 2 is 1.36 bits per heavy atom. The van der Waals surface area contributed by atoms with Crippen LogP contribution in [0.15, 0.2) is 97.3 Å². The molecule has 10 rings (SSSR count). The van der Waals surface area contributed by atoms with Crippen molar-refractivity contribution < 1.29 is 25.8 Å². The van der Waals surface area contributed by atoms with Crippen LogP contribution in [0.25, 0.3) is 66.3 Å². The van der Waals surface area contributed by atoms with Gasteiger partial charge in [0.15, 0.2) is 0 Å². The zero-order chi connectivity index (χ0) is 40.4. The second-order valence-electron chi connectivity index (χ2n) is 18.2. The Morgan fingerprint density at radius 1 is 0.644 bits per heavy atom. The molecule has 7 heteroatoms. The molecule has 59 heavy (non-hydrogen) atoms. The maximum Gasteiger partial charge on any atom is 2.00 e. The number of imidazole rings is 1. The summed E-state index contributed by atoms with van der Waals surface area (Å²) in [5, 5.41) is 5.40. The average molecular weight is 955 g/mol. The molecule has 0 spiro atoms. The van der Waals surface area contributed by atoms with Gasteiger partial charge in [-0.15, -0.1) is 18.2 Å². The zero-order valence-corrected chi connectivity index (χ0v) is 37.7. The molecule has 0 bridgehead atoms. The molecule has 0 radical (unpaired) electrons. The van der Waals surface area contributed by atoms with E-state index < -0.39 is 0 Å². The van der Waals surface area contributed by atoms with Crippen molar-refractivity contribution in [1.82, 2.24) is 23.9 Å². The first-order chi connectivity index (χ1) is 27.8. The van der Waals surface area contributed by atoms with Crippen molar-refractivity contribution in [2.24, 2.45) is 0 Å². The minimum Gasteiger partial charge on any atom is -0.515 e. The Bertz CT molecular complexity index is 3060. The van der Waals surface area contributed by atoms with Gasteiger partial charge < -0.3 is 9.14 Å². The van der Waals surface area contributed by atoms with E-state index in [2.05, 4.69) is 169 Å². The van der Waals surface area contributed by atoms with Gasteiger partial charge >= 0.3 is 21.1 Å². The van der Waals surface area contributed by atoms with Gasteiger partial charge in [-0.25, -0.2) is 4.98 Å². The van der Waals surface area contributed by atoms with Gasteiger partial charge in [-0.3, -0.25) is 14.5 Å². The summed E-state index contributed by atoms with van der Waals surface area (Å²) in [5.74, 6) is 2.72. The van der Waals surface area contributed by atoms with Gasteiger partial charge in [0.1, 0.15) is 5.65 Å². The minimum absolute atomic E-state index is 0. The second-order valence-corrected chi connectivity index (χ2v) is 18.2. The van der Waals surface area contributed by atoms with E-state index in [1.165, 1.54) is 38.9 Å². The molecule has 0 unspecified atom stereocenters. The molecule has 6 nitrogen and oxygen atoms in total. The number of hydrogen-bond acceptors (Lipinski definition) is 4. The fourth-order valence-corrected chi connectivity index (χ4v) is 9.41. The number of para-hydroxylation sites is 2. The van der Waals surface area contributed by atoms with Gasteiger partial charge in [-0.05, 0) is 80.6 Å². The molecule has 298 valence electrons. The van der Waals surface area contributed by atoms with Gasteiger partial charge in [-0.1, -0.05) is 135 Å².